The summed E-state index contributed by atoms with van der Waals surface area (Å²) in [6.45, 7) is 10.4. The largest absolute Gasteiger partial charge is 0.435 e. The van der Waals surface area contributed by atoms with Crippen LogP contribution in [0.1, 0.15) is 147 Å². The lowest BCUT2D eigenvalue weighted by atomic mass is 9.99. The van der Waals surface area contributed by atoms with Crippen LogP contribution in [-0.4, -0.2) is 64.2 Å². The van der Waals surface area contributed by atoms with Crippen LogP contribution in [0.2, 0.25) is 0 Å². The van der Waals surface area contributed by atoms with Gasteiger partial charge < -0.3 is 14.4 Å². The SMILES string of the molecule is CCCCCCC/C(=N\OC(=O)N1CCCCC1)c1ccc2c(c1)c1cc(/C(CCCCCCC)=N/OC(=O)N3CCCCC3)ccc1n2CC. The highest BCUT2D eigenvalue weighted by Crippen LogP contribution is 2.32. The fourth-order valence-corrected chi connectivity index (χ4v) is 7.54. The second kappa shape index (κ2) is 20.2. The standard InChI is InChI=1S/C42H61N5O4/c1-4-7-9-11-15-21-37(43-50-41(48)45-27-17-13-18-28-45)33-23-25-39-35(31-33)36-32-34(24-26-40(36)47(39)6-3)38(22-16-12-10-8-5-2)44-51-42(49)46-29-19-14-20-30-46/h23-26,31-32H,4-22,27-30H2,1-3H3/b43-37+,44-38+. The molecule has 1 aromatic heterocycles. The van der Waals surface area contributed by atoms with Gasteiger partial charge in [0.25, 0.3) is 0 Å². The highest BCUT2D eigenvalue weighted by molar-refractivity contribution is 6.14. The van der Waals surface area contributed by atoms with E-state index in [9.17, 15) is 9.59 Å². The molecule has 0 bridgehead atoms. The van der Waals surface area contributed by atoms with Crippen molar-refractivity contribution in [1.29, 1.82) is 0 Å². The Morgan fingerprint density at radius 2 is 0.980 bits per heavy atom. The molecule has 9 nitrogen and oxygen atoms in total. The van der Waals surface area contributed by atoms with Crippen LogP contribution in [0, 0.1) is 0 Å². The van der Waals surface area contributed by atoms with E-state index in [1.165, 1.54) is 38.5 Å². The minimum absolute atomic E-state index is 0.353. The molecule has 0 unspecified atom stereocenters. The quantitative estimate of drug-likeness (QED) is 0.0607. The molecule has 2 aliphatic rings. The third-order valence-corrected chi connectivity index (χ3v) is 10.6. The van der Waals surface area contributed by atoms with Crippen molar-refractivity contribution in [2.24, 2.45) is 10.3 Å². The van der Waals surface area contributed by atoms with E-state index in [-0.39, 0.29) is 12.2 Å². The number of hydrogen-bond acceptors (Lipinski definition) is 6. The Morgan fingerprint density at radius 3 is 1.37 bits per heavy atom. The molecule has 0 N–H and O–H groups in total. The minimum Gasteiger partial charge on any atom is -0.341 e. The Morgan fingerprint density at radius 1 is 0.569 bits per heavy atom. The number of benzene rings is 2. The number of oxime groups is 2. The van der Waals surface area contributed by atoms with Crippen LogP contribution < -0.4 is 0 Å². The van der Waals surface area contributed by atoms with Gasteiger partial charge in [0.15, 0.2) is 0 Å². The number of rotatable bonds is 17. The molecule has 278 valence electrons. The summed E-state index contributed by atoms with van der Waals surface area (Å²) in [6, 6.07) is 13.0. The number of carbonyl (C=O) groups is 2. The average molecular weight is 700 g/mol. The Kier molecular flexibility index (Phi) is 15.2. The molecule has 3 heterocycles. The zero-order valence-corrected chi connectivity index (χ0v) is 31.6. The monoisotopic (exact) mass is 699 g/mol. The summed E-state index contributed by atoms with van der Waals surface area (Å²) in [4.78, 5) is 40.7. The Hall–Kier alpha value is -3.88. The van der Waals surface area contributed by atoms with Gasteiger partial charge in [0.2, 0.25) is 0 Å². The molecule has 9 heteroatoms. The maximum absolute atomic E-state index is 12.9. The predicted molar refractivity (Wildman–Crippen MR) is 209 cm³/mol. The number of nitrogens with zero attached hydrogens (tertiary/aromatic N) is 5. The van der Waals surface area contributed by atoms with E-state index in [1.54, 1.807) is 9.80 Å². The molecule has 0 saturated carbocycles. The number of fused-ring (bicyclic) bond motifs is 3. The molecular formula is C42H61N5O4. The number of amides is 2. The zero-order chi connectivity index (χ0) is 35.8. The van der Waals surface area contributed by atoms with Crippen molar-refractivity contribution < 1.29 is 19.3 Å². The van der Waals surface area contributed by atoms with Gasteiger partial charge in [-0.25, -0.2) is 9.59 Å². The molecule has 0 aliphatic carbocycles. The maximum atomic E-state index is 12.9. The summed E-state index contributed by atoms with van der Waals surface area (Å²) < 4.78 is 2.34. The first-order valence-corrected chi connectivity index (χ1v) is 20.2. The van der Waals surface area contributed by atoms with E-state index in [0.717, 1.165) is 154 Å². The van der Waals surface area contributed by atoms with E-state index in [2.05, 4.69) is 72.0 Å². The van der Waals surface area contributed by atoms with Gasteiger partial charge in [-0.1, -0.05) is 87.7 Å². The van der Waals surface area contributed by atoms with E-state index in [1.807, 2.05) is 0 Å². The lowest BCUT2D eigenvalue weighted by molar-refractivity contribution is 0.0973. The summed E-state index contributed by atoms with van der Waals surface area (Å²) >= 11 is 0. The molecule has 0 spiro atoms. The lowest BCUT2D eigenvalue weighted by Gasteiger charge is -2.24. The second-order valence-corrected chi connectivity index (χ2v) is 14.4. The van der Waals surface area contributed by atoms with Gasteiger partial charge in [0, 0.05) is 65.7 Å². The summed E-state index contributed by atoms with van der Waals surface area (Å²) in [5.41, 5.74) is 5.87. The van der Waals surface area contributed by atoms with Crippen molar-refractivity contribution in [3.05, 3.63) is 47.5 Å². The van der Waals surface area contributed by atoms with Crippen LogP contribution >= 0.6 is 0 Å². The third kappa shape index (κ3) is 10.6. The van der Waals surface area contributed by atoms with E-state index in [4.69, 9.17) is 9.68 Å². The van der Waals surface area contributed by atoms with Gasteiger partial charge in [0.05, 0.1) is 11.4 Å². The fourth-order valence-electron chi connectivity index (χ4n) is 7.54. The molecule has 2 aromatic carbocycles. The smallest absolute Gasteiger partial charge is 0.341 e. The summed E-state index contributed by atoms with van der Waals surface area (Å²) in [6.07, 6.45) is 18.6. The third-order valence-electron chi connectivity index (χ3n) is 10.6. The number of piperidine rings is 2. The topological polar surface area (TPSA) is 88.7 Å². The zero-order valence-electron chi connectivity index (χ0n) is 31.6. The molecule has 0 atom stereocenters. The van der Waals surface area contributed by atoms with E-state index in [0.29, 0.717) is 0 Å². The normalized spacial score (nSPS) is 15.9. The number of likely N-dealkylation sites (tertiary alicyclic amines) is 2. The number of hydrogen-bond donors (Lipinski definition) is 0. The first-order chi connectivity index (χ1) is 25.0. The van der Waals surface area contributed by atoms with Crippen molar-refractivity contribution in [2.45, 2.75) is 143 Å². The van der Waals surface area contributed by atoms with Gasteiger partial charge in [-0.05, 0) is 95.4 Å². The van der Waals surface area contributed by atoms with Gasteiger partial charge in [0.1, 0.15) is 0 Å². The number of unbranched alkanes of at least 4 members (excludes halogenated alkanes) is 8. The van der Waals surface area contributed by atoms with Crippen LogP contribution in [0.25, 0.3) is 21.8 Å². The molecule has 2 saturated heterocycles. The maximum Gasteiger partial charge on any atom is 0.435 e. The number of aromatic nitrogens is 1. The van der Waals surface area contributed by atoms with E-state index >= 15 is 0 Å². The molecule has 2 aliphatic heterocycles. The first-order valence-electron chi connectivity index (χ1n) is 20.2. The first kappa shape index (κ1) is 38.4. The molecule has 51 heavy (non-hydrogen) atoms. The molecule has 5 rings (SSSR count). The summed E-state index contributed by atoms with van der Waals surface area (Å²) in [5, 5.41) is 11.3. The predicted octanol–water partition coefficient (Wildman–Crippen LogP) is 11.2. The second-order valence-electron chi connectivity index (χ2n) is 14.4. The van der Waals surface area contributed by atoms with Crippen molar-refractivity contribution in [3.8, 4) is 0 Å². The van der Waals surface area contributed by atoms with Crippen molar-refractivity contribution in [2.75, 3.05) is 26.2 Å². The van der Waals surface area contributed by atoms with Crippen LogP contribution in [0.3, 0.4) is 0 Å². The highest BCUT2D eigenvalue weighted by Gasteiger charge is 2.21. The van der Waals surface area contributed by atoms with Crippen LogP contribution in [0.15, 0.2) is 46.7 Å². The highest BCUT2D eigenvalue weighted by atomic mass is 16.7. The van der Waals surface area contributed by atoms with Gasteiger partial charge in [-0.2, -0.15) is 0 Å². The average Bonchev–Trinajstić information content (AvgIpc) is 3.49. The Balaban J connectivity index is 1.47. The van der Waals surface area contributed by atoms with Crippen molar-refractivity contribution in [1.82, 2.24) is 14.4 Å². The lowest BCUT2D eigenvalue weighted by Crippen LogP contribution is -2.35. The van der Waals surface area contributed by atoms with Crippen molar-refractivity contribution >= 4 is 45.4 Å². The molecule has 2 fully saturated rings. The molecule has 3 aromatic rings. The van der Waals surface area contributed by atoms with Crippen molar-refractivity contribution in [3.63, 3.8) is 0 Å². The summed E-state index contributed by atoms with van der Waals surface area (Å²) in [5.74, 6) is 0. The molecule has 2 amide bonds. The van der Waals surface area contributed by atoms with Crippen LogP contribution in [0.5, 0.6) is 0 Å². The summed E-state index contributed by atoms with van der Waals surface area (Å²) in [7, 11) is 0. The fraction of sp³-hybridized carbons (Fsp3) is 0.619. The Labute approximate surface area is 305 Å². The molecular weight excluding hydrogens is 638 g/mol. The van der Waals surface area contributed by atoms with Crippen LogP contribution in [-0.2, 0) is 16.2 Å². The number of carbonyl (C=O) groups excluding carboxylic acids is 2. The Bertz CT molecular complexity index is 1510. The molecule has 0 radical (unpaired) electrons. The van der Waals surface area contributed by atoms with E-state index < -0.39 is 0 Å². The van der Waals surface area contributed by atoms with Gasteiger partial charge in [-0.3, -0.25) is 9.68 Å². The number of aryl methyl sites for hydroxylation is 1. The van der Waals surface area contributed by atoms with Gasteiger partial charge in [-0.15, -0.1) is 0 Å². The van der Waals surface area contributed by atoms with Gasteiger partial charge >= 0.3 is 12.2 Å². The van der Waals surface area contributed by atoms with Crippen LogP contribution in [0.4, 0.5) is 9.59 Å². The minimum atomic E-state index is -0.353.